The van der Waals surface area contributed by atoms with Crippen LogP contribution >= 0.6 is 11.8 Å². The number of pyridine rings is 1. The van der Waals surface area contributed by atoms with Crippen molar-refractivity contribution in [2.75, 3.05) is 18.9 Å². The SMILES string of the molecule is Cc1ccnc(NC(=O)CN(C)C(=O)/C=C/c2ccc(SC(F)(F)F)cc2)c1. The number of anilines is 1. The van der Waals surface area contributed by atoms with Gasteiger partial charge in [0.1, 0.15) is 5.82 Å². The van der Waals surface area contributed by atoms with Crippen LogP contribution in [0.3, 0.4) is 0 Å². The van der Waals surface area contributed by atoms with E-state index >= 15 is 0 Å². The van der Waals surface area contributed by atoms with E-state index in [1.54, 1.807) is 18.3 Å². The second-order valence-electron chi connectivity index (χ2n) is 5.91. The molecule has 1 aromatic heterocycles. The van der Waals surface area contributed by atoms with Crippen LogP contribution in [0.15, 0.2) is 53.6 Å². The highest BCUT2D eigenvalue weighted by Gasteiger charge is 2.28. The number of hydrogen-bond acceptors (Lipinski definition) is 4. The normalized spacial score (nSPS) is 11.5. The van der Waals surface area contributed by atoms with Crippen molar-refractivity contribution in [2.45, 2.75) is 17.3 Å². The minimum atomic E-state index is -4.34. The molecule has 0 spiro atoms. The van der Waals surface area contributed by atoms with E-state index in [1.807, 2.05) is 6.92 Å². The third-order valence-corrected chi connectivity index (χ3v) is 4.21. The monoisotopic (exact) mass is 409 g/mol. The quantitative estimate of drug-likeness (QED) is 0.576. The molecule has 0 aliphatic carbocycles. The molecule has 5 nitrogen and oxygen atoms in total. The molecule has 28 heavy (non-hydrogen) atoms. The molecule has 0 aliphatic rings. The summed E-state index contributed by atoms with van der Waals surface area (Å²) in [5.74, 6) is -0.407. The number of thioether (sulfide) groups is 1. The van der Waals surface area contributed by atoms with Crippen molar-refractivity contribution in [2.24, 2.45) is 0 Å². The highest BCUT2D eigenvalue weighted by Crippen LogP contribution is 2.36. The van der Waals surface area contributed by atoms with E-state index in [0.29, 0.717) is 11.4 Å². The van der Waals surface area contributed by atoms with Gasteiger partial charge in [0, 0.05) is 24.2 Å². The number of nitrogens with zero attached hydrogens (tertiary/aromatic N) is 2. The fourth-order valence-corrected chi connectivity index (χ4v) is 2.70. The molecule has 0 unspecified atom stereocenters. The van der Waals surface area contributed by atoms with Crippen LogP contribution in [-0.2, 0) is 9.59 Å². The second-order valence-corrected chi connectivity index (χ2v) is 7.05. The Morgan fingerprint density at radius 2 is 1.89 bits per heavy atom. The first-order valence-electron chi connectivity index (χ1n) is 8.14. The Balaban J connectivity index is 1.88. The van der Waals surface area contributed by atoms with Crippen LogP contribution in [0.1, 0.15) is 11.1 Å². The maximum atomic E-state index is 12.3. The molecule has 9 heteroatoms. The Kier molecular flexibility index (Phi) is 7.22. The van der Waals surface area contributed by atoms with Gasteiger partial charge in [0.05, 0.1) is 6.54 Å². The Hall–Kier alpha value is -2.81. The second kappa shape index (κ2) is 9.41. The van der Waals surface area contributed by atoms with Gasteiger partial charge < -0.3 is 10.2 Å². The van der Waals surface area contributed by atoms with Gasteiger partial charge in [-0.05, 0) is 60.2 Å². The van der Waals surface area contributed by atoms with E-state index in [0.717, 1.165) is 5.56 Å². The summed E-state index contributed by atoms with van der Waals surface area (Å²) in [5.41, 5.74) is -2.83. The number of carbonyl (C=O) groups is 2. The minimum Gasteiger partial charge on any atom is -0.333 e. The third kappa shape index (κ3) is 7.43. The Bertz CT molecular complexity index is 867. The predicted molar refractivity (Wildman–Crippen MR) is 103 cm³/mol. The van der Waals surface area contributed by atoms with Crippen molar-refractivity contribution in [3.05, 3.63) is 59.8 Å². The molecule has 0 radical (unpaired) electrons. The molecular weight excluding hydrogens is 391 g/mol. The van der Waals surface area contributed by atoms with Gasteiger partial charge in [-0.3, -0.25) is 9.59 Å². The highest BCUT2D eigenvalue weighted by atomic mass is 32.2. The van der Waals surface area contributed by atoms with Crippen LogP contribution in [0.4, 0.5) is 19.0 Å². The summed E-state index contributed by atoms with van der Waals surface area (Å²) < 4.78 is 36.9. The molecule has 1 N–H and O–H groups in total. The number of carbonyl (C=O) groups excluding carboxylic acids is 2. The van der Waals surface area contributed by atoms with E-state index < -0.39 is 17.3 Å². The number of aryl methyl sites for hydroxylation is 1. The summed E-state index contributed by atoms with van der Waals surface area (Å²) in [4.78, 5) is 29.4. The van der Waals surface area contributed by atoms with Crippen LogP contribution in [0.25, 0.3) is 6.08 Å². The number of nitrogens with one attached hydrogen (secondary N) is 1. The largest absolute Gasteiger partial charge is 0.446 e. The molecule has 1 aromatic carbocycles. The number of rotatable bonds is 6. The maximum Gasteiger partial charge on any atom is 0.446 e. The first-order chi connectivity index (χ1) is 13.1. The van der Waals surface area contributed by atoms with Crippen molar-refractivity contribution in [3.63, 3.8) is 0 Å². The van der Waals surface area contributed by atoms with Crippen LogP contribution in [-0.4, -0.2) is 40.8 Å². The lowest BCUT2D eigenvalue weighted by atomic mass is 10.2. The number of aromatic nitrogens is 1. The lowest BCUT2D eigenvalue weighted by Crippen LogP contribution is -2.34. The molecule has 2 aromatic rings. The Morgan fingerprint density at radius 3 is 2.50 bits per heavy atom. The van der Waals surface area contributed by atoms with Crippen molar-refractivity contribution >= 4 is 35.5 Å². The summed E-state index contributed by atoms with van der Waals surface area (Å²) >= 11 is -0.202. The molecule has 0 saturated heterocycles. The van der Waals surface area contributed by atoms with E-state index in [1.165, 1.54) is 48.4 Å². The standard InChI is InChI=1S/C19H18F3N3O2S/c1-13-9-10-23-16(11-13)24-17(26)12-25(2)18(27)8-5-14-3-6-15(7-4-14)28-19(20,21)22/h3-11H,12H2,1-2H3,(H,23,24,26)/b8-5+. The fourth-order valence-electron chi connectivity index (χ4n) is 2.16. The number of amides is 2. The first kappa shape index (κ1) is 21.5. The molecule has 2 amide bonds. The number of benzene rings is 1. The summed E-state index contributed by atoms with van der Waals surface area (Å²) in [6.45, 7) is 1.70. The number of alkyl halides is 3. The summed E-state index contributed by atoms with van der Waals surface area (Å²) in [5, 5.41) is 2.60. The maximum absolute atomic E-state index is 12.3. The van der Waals surface area contributed by atoms with Gasteiger partial charge in [-0.2, -0.15) is 13.2 Å². The fraction of sp³-hybridized carbons (Fsp3) is 0.211. The highest BCUT2D eigenvalue weighted by molar-refractivity contribution is 8.00. The Morgan fingerprint density at radius 1 is 1.21 bits per heavy atom. The molecule has 0 saturated carbocycles. The van der Waals surface area contributed by atoms with Crippen LogP contribution in [0.2, 0.25) is 0 Å². The van der Waals surface area contributed by atoms with Crippen molar-refractivity contribution in [1.29, 1.82) is 0 Å². The van der Waals surface area contributed by atoms with Gasteiger partial charge in [-0.25, -0.2) is 4.98 Å². The average Bonchev–Trinajstić information content (AvgIpc) is 2.59. The van der Waals surface area contributed by atoms with Crippen molar-refractivity contribution < 1.29 is 22.8 Å². The molecular formula is C19H18F3N3O2S. The smallest absolute Gasteiger partial charge is 0.333 e. The average molecular weight is 409 g/mol. The molecule has 2 rings (SSSR count). The zero-order valence-corrected chi connectivity index (χ0v) is 16.0. The Labute approximate surface area is 164 Å². The number of likely N-dealkylation sites (N-methyl/N-ethyl adjacent to an activating group) is 1. The lowest BCUT2D eigenvalue weighted by molar-refractivity contribution is -0.129. The van der Waals surface area contributed by atoms with Crippen molar-refractivity contribution in [1.82, 2.24) is 9.88 Å². The van der Waals surface area contributed by atoms with E-state index in [-0.39, 0.29) is 23.2 Å². The molecule has 0 fully saturated rings. The summed E-state index contributed by atoms with van der Waals surface area (Å²) in [6, 6.07) is 9.12. The van der Waals surface area contributed by atoms with Gasteiger partial charge in [0.2, 0.25) is 11.8 Å². The summed E-state index contributed by atoms with van der Waals surface area (Å²) in [7, 11) is 1.47. The van der Waals surface area contributed by atoms with Gasteiger partial charge in [0.15, 0.2) is 0 Å². The first-order valence-corrected chi connectivity index (χ1v) is 8.95. The molecule has 0 bridgehead atoms. The van der Waals surface area contributed by atoms with Gasteiger partial charge in [-0.1, -0.05) is 12.1 Å². The lowest BCUT2D eigenvalue weighted by Gasteiger charge is -2.14. The zero-order valence-electron chi connectivity index (χ0n) is 15.2. The van der Waals surface area contributed by atoms with Crippen molar-refractivity contribution in [3.8, 4) is 0 Å². The zero-order chi connectivity index (χ0) is 20.7. The van der Waals surface area contributed by atoms with E-state index in [9.17, 15) is 22.8 Å². The van der Waals surface area contributed by atoms with Gasteiger partial charge >= 0.3 is 5.51 Å². The van der Waals surface area contributed by atoms with Gasteiger partial charge in [0.25, 0.3) is 0 Å². The summed E-state index contributed by atoms with van der Waals surface area (Å²) in [6.07, 6.45) is 4.30. The molecule has 148 valence electrons. The number of halogens is 3. The van der Waals surface area contributed by atoms with Crippen LogP contribution in [0.5, 0.6) is 0 Å². The third-order valence-electron chi connectivity index (χ3n) is 3.47. The van der Waals surface area contributed by atoms with Gasteiger partial charge in [-0.15, -0.1) is 0 Å². The molecule has 0 atom stereocenters. The van der Waals surface area contributed by atoms with E-state index in [2.05, 4.69) is 10.3 Å². The van der Waals surface area contributed by atoms with Crippen LogP contribution < -0.4 is 5.32 Å². The molecule has 0 aliphatic heterocycles. The van der Waals surface area contributed by atoms with Crippen LogP contribution in [0, 0.1) is 6.92 Å². The minimum absolute atomic E-state index is 0.0644. The predicted octanol–water partition coefficient (Wildman–Crippen LogP) is 4.11. The van der Waals surface area contributed by atoms with E-state index in [4.69, 9.17) is 0 Å². The topological polar surface area (TPSA) is 62.3 Å². The molecule has 1 heterocycles. The number of hydrogen-bond donors (Lipinski definition) is 1.